The Bertz CT molecular complexity index is 1340. The number of nitrogens with zero attached hydrogens (tertiary/aromatic N) is 3. The van der Waals surface area contributed by atoms with Gasteiger partial charge in [-0.1, -0.05) is 125 Å². The van der Waals surface area contributed by atoms with Crippen molar-refractivity contribution in [3.05, 3.63) is 46.8 Å². The standard InChI is InChI=1S/C36H53N3S2.C2H6/c1-7-10-12-14-15-17-19-28(18-16-13-11-8-2)26-39-37-34-27(4)20-21-29(35(34)38-39)30-22-23-31(40-30)32-24-25-33(41-32)36(5,6)9-3;1-2/h20-25,28H,7-19,26H2,1-6H3;1-2H3. The lowest BCUT2D eigenvalue weighted by Crippen LogP contribution is -2.13. The first kappa shape index (κ1) is 35.5. The van der Waals surface area contributed by atoms with Crippen LogP contribution in [0.4, 0.5) is 0 Å². The highest BCUT2D eigenvalue weighted by atomic mass is 32.1. The second kappa shape index (κ2) is 18.1. The third-order valence-corrected chi connectivity index (χ3v) is 11.7. The summed E-state index contributed by atoms with van der Waals surface area (Å²) < 4.78 is 0. The average Bonchev–Trinajstić information content (AvgIpc) is 3.79. The molecule has 0 radical (unpaired) electrons. The summed E-state index contributed by atoms with van der Waals surface area (Å²) in [4.78, 5) is 7.50. The van der Waals surface area contributed by atoms with Crippen LogP contribution in [0.15, 0.2) is 36.4 Å². The number of hydrogen-bond donors (Lipinski definition) is 0. The number of unbranched alkanes of at least 4 members (excludes halogenated alkanes) is 8. The van der Waals surface area contributed by atoms with Crippen molar-refractivity contribution in [3.63, 3.8) is 0 Å². The molecule has 4 rings (SSSR count). The monoisotopic (exact) mass is 621 g/mol. The van der Waals surface area contributed by atoms with Crippen LogP contribution in [0.5, 0.6) is 0 Å². The van der Waals surface area contributed by atoms with Gasteiger partial charge in [0.05, 0.1) is 6.54 Å². The van der Waals surface area contributed by atoms with Gasteiger partial charge in [-0.25, -0.2) is 0 Å². The molecular formula is C38H59N3S2. The largest absolute Gasteiger partial charge is 0.183 e. The zero-order valence-corrected chi connectivity index (χ0v) is 30.2. The van der Waals surface area contributed by atoms with Crippen LogP contribution in [0.25, 0.3) is 31.2 Å². The van der Waals surface area contributed by atoms with Gasteiger partial charge in [-0.2, -0.15) is 15.0 Å². The van der Waals surface area contributed by atoms with Crippen molar-refractivity contribution in [2.45, 2.75) is 151 Å². The number of aryl methyl sites for hydroxylation is 1. The lowest BCUT2D eigenvalue weighted by atomic mass is 9.89. The molecular weight excluding hydrogens is 563 g/mol. The Kier molecular flexibility index (Phi) is 14.9. The molecule has 5 heteroatoms. The summed E-state index contributed by atoms with van der Waals surface area (Å²) in [6.45, 7) is 18.7. The third-order valence-electron chi connectivity index (χ3n) is 8.91. The van der Waals surface area contributed by atoms with Crippen LogP contribution in [0.1, 0.15) is 142 Å². The topological polar surface area (TPSA) is 30.7 Å². The zero-order valence-electron chi connectivity index (χ0n) is 28.6. The highest BCUT2D eigenvalue weighted by molar-refractivity contribution is 7.24. The molecule has 0 aliphatic carbocycles. The second-order valence-corrected chi connectivity index (χ2v) is 14.9. The van der Waals surface area contributed by atoms with Crippen molar-refractivity contribution < 1.29 is 0 Å². The fraction of sp³-hybridized carbons (Fsp3) is 0.632. The predicted octanol–water partition coefficient (Wildman–Crippen LogP) is 13.2. The van der Waals surface area contributed by atoms with Gasteiger partial charge in [0.25, 0.3) is 0 Å². The Labute approximate surface area is 271 Å². The highest BCUT2D eigenvalue weighted by Gasteiger charge is 2.21. The van der Waals surface area contributed by atoms with Crippen molar-refractivity contribution in [2.75, 3.05) is 0 Å². The van der Waals surface area contributed by atoms with E-state index < -0.39 is 0 Å². The first-order valence-corrected chi connectivity index (χ1v) is 19.0. The van der Waals surface area contributed by atoms with Gasteiger partial charge in [-0.15, -0.1) is 22.7 Å². The van der Waals surface area contributed by atoms with Crippen LogP contribution in [-0.4, -0.2) is 15.0 Å². The van der Waals surface area contributed by atoms with Crippen LogP contribution in [0.3, 0.4) is 0 Å². The van der Waals surface area contributed by atoms with Crippen molar-refractivity contribution in [1.29, 1.82) is 0 Å². The molecule has 0 spiro atoms. The van der Waals surface area contributed by atoms with E-state index in [1.807, 2.05) is 41.3 Å². The molecule has 238 valence electrons. The minimum Gasteiger partial charge on any atom is -0.183 e. The Morgan fingerprint density at radius 2 is 1.23 bits per heavy atom. The van der Waals surface area contributed by atoms with Crippen molar-refractivity contribution in [2.24, 2.45) is 5.92 Å². The lowest BCUT2D eigenvalue weighted by molar-refractivity contribution is 0.327. The van der Waals surface area contributed by atoms with Gasteiger partial charge in [0.15, 0.2) is 0 Å². The molecule has 3 nitrogen and oxygen atoms in total. The van der Waals surface area contributed by atoms with E-state index in [1.165, 1.54) is 108 Å². The fourth-order valence-electron chi connectivity index (χ4n) is 5.70. The Morgan fingerprint density at radius 1 is 0.674 bits per heavy atom. The number of thiophene rings is 2. The van der Waals surface area contributed by atoms with Gasteiger partial charge in [0, 0.05) is 25.1 Å². The van der Waals surface area contributed by atoms with E-state index in [1.54, 1.807) is 0 Å². The average molecular weight is 622 g/mol. The van der Waals surface area contributed by atoms with E-state index in [4.69, 9.17) is 10.2 Å². The van der Waals surface area contributed by atoms with Gasteiger partial charge < -0.3 is 0 Å². The van der Waals surface area contributed by atoms with Crippen LogP contribution in [-0.2, 0) is 12.0 Å². The van der Waals surface area contributed by atoms with E-state index in [2.05, 4.69) is 77.9 Å². The van der Waals surface area contributed by atoms with Crippen molar-refractivity contribution in [1.82, 2.24) is 15.0 Å². The first-order chi connectivity index (χ1) is 20.9. The van der Waals surface area contributed by atoms with E-state index in [-0.39, 0.29) is 5.41 Å². The zero-order chi connectivity index (χ0) is 31.2. The first-order valence-electron chi connectivity index (χ1n) is 17.4. The van der Waals surface area contributed by atoms with Crippen molar-refractivity contribution >= 4 is 33.7 Å². The maximum atomic E-state index is 5.15. The normalized spacial score (nSPS) is 12.5. The van der Waals surface area contributed by atoms with Gasteiger partial charge in [-0.05, 0) is 67.3 Å². The van der Waals surface area contributed by atoms with Crippen molar-refractivity contribution in [3.8, 4) is 20.2 Å². The molecule has 43 heavy (non-hydrogen) atoms. The Hall–Kier alpha value is -1.98. The molecule has 0 fully saturated rings. The van der Waals surface area contributed by atoms with Gasteiger partial charge in [0.1, 0.15) is 11.0 Å². The van der Waals surface area contributed by atoms with E-state index >= 15 is 0 Å². The highest BCUT2D eigenvalue weighted by Crippen LogP contribution is 2.42. The molecule has 3 aromatic heterocycles. The van der Waals surface area contributed by atoms with Gasteiger partial charge in [-0.3, -0.25) is 0 Å². The molecule has 0 saturated carbocycles. The molecule has 0 aliphatic heterocycles. The molecule has 1 aromatic carbocycles. The van der Waals surface area contributed by atoms with Crippen LogP contribution in [0.2, 0.25) is 0 Å². The van der Waals surface area contributed by atoms with E-state index in [9.17, 15) is 0 Å². The summed E-state index contributed by atoms with van der Waals surface area (Å²) in [5.74, 6) is 0.664. The van der Waals surface area contributed by atoms with Crippen LogP contribution >= 0.6 is 22.7 Å². The fourth-order valence-corrected chi connectivity index (χ4v) is 8.00. The quantitative estimate of drug-likeness (QED) is 0.103. The van der Waals surface area contributed by atoms with E-state index in [0.29, 0.717) is 5.92 Å². The molecule has 0 aliphatic rings. The smallest absolute Gasteiger partial charge is 0.122 e. The second-order valence-electron chi connectivity index (χ2n) is 12.7. The van der Waals surface area contributed by atoms with Gasteiger partial charge >= 0.3 is 0 Å². The molecule has 4 aromatic rings. The minimum absolute atomic E-state index is 0.230. The molecule has 0 amide bonds. The number of benzene rings is 1. The summed E-state index contributed by atoms with van der Waals surface area (Å²) in [6.07, 6.45) is 17.2. The summed E-state index contributed by atoms with van der Waals surface area (Å²) in [5.41, 5.74) is 4.78. The number of hydrogen-bond acceptors (Lipinski definition) is 4. The minimum atomic E-state index is 0.230. The van der Waals surface area contributed by atoms with E-state index in [0.717, 1.165) is 24.0 Å². The maximum Gasteiger partial charge on any atom is 0.122 e. The molecule has 0 N–H and O–H groups in total. The van der Waals surface area contributed by atoms with Crippen LogP contribution in [0, 0.1) is 12.8 Å². The Morgan fingerprint density at radius 3 is 1.91 bits per heavy atom. The number of fused-ring (bicyclic) bond motifs is 1. The molecule has 3 heterocycles. The maximum absolute atomic E-state index is 5.15. The number of aromatic nitrogens is 3. The van der Waals surface area contributed by atoms with Crippen LogP contribution < -0.4 is 0 Å². The molecule has 1 unspecified atom stereocenters. The summed E-state index contributed by atoms with van der Waals surface area (Å²) in [6, 6.07) is 13.7. The summed E-state index contributed by atoms with van der Waals surface area (Å²) in [7, 11) is 0. The Balaban J connectivity index is 0.00000248. The lowest BCUT2D eigenvalue weighted by Gasteiger charge is -2.20. The summed E-state index contributed by atoms with van der Waals surface area (Å²) >= 11 is 3.83. The third kappa shape index (κ3) is 10.0. The molecule has 0 saturated heterocycles. The summed E-state index contributed by atoms with van der Waals surface area (Å²) in [5, 5.41) is 10.2. The SMILES string of the molecule is CC.CCCCCCCCC(CCCCCC)Cn1nc2c(C)ccc(-c3ccc(-c4ccc(C(C)(C)CC)s4)s3)c2n1. The predicted molar refractivity (Wildman–Crippen MR) is 194 cm³/mol. The molecule has 0 bridgehead atoms. The van der Waals surface area contributed by atoms with Gasteiger partial charge in [0.2, 0.25) is 0 Å². The molecule has 1 atom stereocenters. The number of rotatable bonds is 18.